The van der Waals surface area contributed by atoms with Gasteiger partial charge in [-0.3, -0.25) is 0 Å². The molecule has 2 N–H and O–H groups in total. The number of aliphatic hydroxyl groups is 1. The fourth-order valence-corrected chi connectivity index (χ4v) is 1.75. The first kappa shape index (κ1) is 14.2. The van der Waals surface area contributed by atoms with Crippen LogP contribution >= 0.6 is 0 Å². The number of nitrogens with one attached hydrogen (secondary N) is 1. The minimum absolute atomic E-state index is 0.0179. The van der Waals surface area contributed by atoms with Crippen LogP contribution in [0.25, 0.3) is 0 Å². The maximum Gasteiger partial charge on any atom is 0.0494 e. The van der Waals surface area contributed by atoms with Crippen LogP contribution in [0.5, 0.6) is 0 Å². The molecule has 96 valence electrons. The van der Waals surface area contributed by atoms with Gasteiger partial charge in [-0.2, -0.15) is 0 Å². The van der Waals surface area contributed by atoms with E-state index < -0.39 is 0 Å². The van der Waals surface area contributed by atoms with Crippen LogP contribution in [-0.2, 0) is 0 Å². The summed E-state index contributed by atoms with van der Waals surface area (Å²) in [6.07, 6.45) is 1.13. The molecule has 1 aromatic carbocycles. The van der Waals surface area contributed by atoms with Crippen molar-refractivity contribution < 1.29 is 5.11 Å². The normalized spacial score (nSPS) is 13.6. The molecular weight excluding hydrogens is 210 g/mol. The second-order valence-corrected chi connectivity index (χ2v) is 5.60. The third-order valence-electron chi connectivity index (χ3n) is 3.15. The largest absolute Gasteiger partial charge is 0.396 e. The van der Waals surface area contributed by atoms with Gasteiger partial charge in [0.2, 0.25) is 0 Å². The second kappa shape index (κ2) is 6.77. The maximum atomic E-state index is 9.14. The van der Waals surface area contributed by atoms with Gasteiger partial charge in [0, 0.05) is 18.6 Å². The Morgan fingerprint density at radius 1 is 1.24 bits per heavy atom. The van der Waals surface area contributed by atoms with Gasteiger partial charge in [0.1, 0.15) is 0 Å². The predicted octanol–water partition coefficient (Wildman–Crippen LogP) is 2.79. The standard InChI is InChI=1S/C15H25NO/c1-13(14-7-5-4-6-8-14)9-10-16-11-15(2,3)12-17/h4-8,13,16-17H,9-12H2,1-3H3. The number of hydrogen-bond donors (Lipinski definition) is 2. The first-order chi connectivity index (χ1) is 8.05. The predicted molar refractivity (Wildman–Crippen MR) is 73.2 cm³/mol. The van der Waals surface area contributed by atoms with E-state index in [2.05, 4.69) is 56.4 Å². The Hall–Kier alpha value is -0.860. The second-order valence-electron chi connectivity index (χ2n) is 5.60. The van der Waals surface area contributed by atoms with Crippen molar-refractivity contribution in [2.45, 2.75) is 33.1 Å². The molecule has 0 amide bonds. The van der Waals surface area contributed by atoms with Crippen LogP contribution in [0.4, 0.5) is 0 Å². The van der Waals surface area contributed by atoms with E-state index in [0.29, 0.717) is 5.92 Å². The number of aliphatic hydroxyl groups excluding tert-OH is 1. The molecule has 0 bridgehead atoms. The van der Waals surface area contributed by atoms with Crippen molar-refractivity contribution in [3.05, 3.63) is 35.9 Å². The van der Waals surface area contributed by atoms with Crippen molar-refractivity contribution in [1.29, 1.82) is 0 Å². The van der Waals surface area contributed by atoms with Crippen LogP contribution in [0.15, 0.2) is 30.3 Å². The van der Waals surface area contributed by atoms with Gasteiger partial charge >= 0.3 is 0 Å². The maximum absolute atomic E-state index is 9.14. The molecule has 0 fully saturated rings. The summed E-state index contributed by atoms with van der Waals surface area (Å²) in [5.41, 5.74) is 1.38. The van der Waals surface area contributed by atoms with E-state index >= 15 is 0 Å². The van der Waals surface area contributed by atoms with Gasteiger partial charge in [0.25, 0.3) is 0 Å². The zero-order valence-electron chi connectivity index (χ0n) is 11.2. The molecular formula is C15H25NO. The van der Waals surface area contributed by atoms with Gasteiger partial charge in [0.05, 0.1) is 0 Å². The highest BCUT2D eigenvalue weighted by atomic mass is 16.3. The molecule has 1 unspecified atom stereocenters. The van der Waals surface area contributed by atoms with Crippen LogP contribution in [0.2, 0.25) is 0 Å². The molecule has 0 spiro atoms. The summed E-state index contributed by atoms with van der Waals surface area (Å²) in [6.45, 7) is 8.49. The van der Waals surface area contributed by atoms with Crippen molar-refractivity contribution >= 4 is 0 Å². The fraction of sp³-hybridized carbons (Fsp3) is 0.600. The Kier molecular flexibility index (Phi) is 5.66. The summed E-state index contributed by atoms with van der Waals surface area (Å²) >= 11 is 0. The lowest BCUT2D eigenvalue weighted by Gasteiger charge is -2.22. The summed E-state index contributed by atoms with van der Waals surface area (Å²) < 4.78 is 0. The highest BCUT2D eigenvalue weighted by Gasteiger charge is 2.15. The Morgan fingerprint density at radius 2 is 1.88 bits per heavy atom. The quantitative estimate of drug-likeness (QED) is 0.712. The molecule has 0 saturated heterocycles. The lowest BCUT2D eigenvalue weighted by molar-refractivity contribution is 0.157. The lowest BCUT2D eigenvalue weighted by atomic mass is 9.94. The number of benzene rings is 1. The topological polar surface area (TPSA) is 32.3 Å². The van der Waals surface area contributed by atoms with Gasteiger partial charge in [-0.05, 0) is 24.4 Å². The molecule has 2 heteroatoms. The molecule has 1 rings (SSSR count). The lowest BCUT2D eigenvalue weighted by Crippen LogP contribution is -2.33. The molecule has 1 atom stereocenters. The van der Waals surface area contributed by atoms with Crippen molar-refractivity contribution in [2.24, 2.45) is 5.41 Å². The molecule has 0 aliphatic heterocycles. The smallest absolute Gasteiger partial charge is 0.0494 e. The van der Waals surface area contributed by atoms with Crippen molar-refractivity contribution in [3.8, 4) is 0 Å². The van der Waals surface area contributed by atoms with E-state index in [4.69, 9.17) is 5.11 Å². The average molecular weight is 235 g/mol. The summed E-state index contributed by atoms with van der Waals surface area (Å²) in [7, 11) is 0. The van der Waals surface area contributed by atoms with Crippen molar-refractivity contribution in [2.75, 3.05) is 19.7 Å². The van der Waals surface area contributed by atoms with Crippen LogP contribution < -0.4 is 5.32 Å². The Morgan fingerprint density at radius 3 is 2.47 bits per heavy atom. The molecule has 2 nitrogen and oxygen atoms in total. The Labute approximate surface area is 105 Å². The third kappa shape index (κ3) is 5.33. The summed E-state index contributed by atoms with van der Waals surface area (Å²) in [5, 5.41) is 12.6. The van der Waals surface area contributed by atoms with Gasteiger partial charge in [0.15, 0.2) is 0 Å². The summed E-state index contributed by atoms with van der Waals surface area (Å²) in [5.74, 6) is 0.584. The van der Waals surface area contributed by atoms with Crippen molar-refractivity contribution in [1.82, 2.24) is 5.32 Å². The zero-order valence-corrected chi connectivity index (χ0v) is 11.2. The van der Waals surface area contributed by atoms with E-state index in [9.17, 15) is 0 Å². The van der Waals surface area contributed by atoms with Crippen LogP contribution in [0.1, 0.15) is 38.7 Å². The Bertz CT molecular complexity index is 308. The summed E-state index contributed by atoms with van der Waals surface area (Å²) in [4.78, 5) is 0. The van der Waals surface area contributed by atoms with E-state index in [0.717, 1.165) is 19.5 Å². The molecule has 0 heterocycles. The third-order valence-corrected chi connectivity index (χ3v) is 3.15. The fourth-order valence-electron chi connectivity index (χ4n) is 1.75. The molecule has 0 radical (unpaired) electrons. The van der Waals surface area contributed by atoms with Crippen LogP contribution in [0.3, 0.4) is 0 Å². The minimum Gasteiger partial charge on any atom is -0.396 e. The SMILES string of the molecule is CC(CCNCC(C)(C)CO)c1ccccc1. The molecule has 0 saturated carbocycles. The van der Waals surface area contributed by atoms with E-state index in [1.54, 1.807) is 0 Å². The average Bonchev–Trinajstić information content (AvgIpc) is 2.35. The molecule has 1 aromatic rings. The number of rotatable bonds is 7. The van der Waals surface area contributed by atoms with E-state index in [1.165, 1.54) is 5.56 Å². The highest BCUT2D eigenvalue weighted by Crippen LogP contribution is 2.18. The number of hydrogen-bond acceptors (Lipinski definition) is 2. The van der Waals surface area contributed by atoms with Gasteiger partial charge in [-0.15, -0.1) is 0 Å². The molecule has 0 aliphatic carbocycles. The minimum atomic E-state index is -0.0179. The van der Waals surface area contributed by atoms with Gasteiger partial charge in [-0.1, -0.05) is 51.1 Å². The first-order valence-corrected chi connectivity index (χ1v) is 6.42. The molecule has 0 aliphatic rings. The monoisotopic (exact) mass is 235 g/mol. The molecule has 17 heavy (non-hydrogen) atoms. The van der Waals surface area contributed by atoms with Crippen molar-refractivity contribution in [3.63, 3.8) is 0 Å². The summed E-state index contributed by atoms with van der Waals surface area (Å²) in [6, 6.07) is 10.6. The molecule has 0 aromatic heterocycles. The van der Waals surface area contributed by atoms with E-state index in [-0.39, 0.29) is 12.0 Å². The van der Waals surface area contributed by atoms with E-state index in [1.807, 2.05) is 0 Å². The highest BCUT2D eigenvalue weighted by molar-refractivity contribution is 5.18. The zero-order chi connectivity index (χ0) is 12.7. The first-order valence-electron chi connectivity index (χ1n) is 6.42. The van der Waals surface area contributed by atoms with Crippen LogP contribution in [-0.4, -0.2) is 24.8 Å². The van der Waals surface area contributed by atoms with Crippen LogP contribution in [0, 0.1) is 5.41 Å². The Balaban J connectivity index is 2.24. The van der Waals surface area contributed by atoms with Gasteiger partial charge in [-0.25, -0.2) is 0 Å². The van der Waals surface area contributed by atoms with Gasteiger partial charge < -0.3 is 10.4 Å².